The largest absolute Gasteiger partial charge is 0.497 e. The highest BCUT2D eigenvalue weighted by molar-refractivity contribution is 5.88. The number of rotatable bonds is 10. The molecule has 0 radical (unpaired) electrons. The van der Waals surface area contributed by atoms with Gasteiger partial charge < -0.3 is 10.1 Å². The summed E-state index contributed by atoms with van der Waals surface area (Å²) >= 11 is 0. The fourth-order valence-corrected chi connectivity index (χ4v) is 2.30. The highest BCUT2D eigenvalue weighted by Gasteiger charge is 2.21. The van der Waals surface area contributed by atoms with Gasteiger partial charge in [0.15, 0.2) is 0 Å². The van der Waals surface area contributed by atoms with Crippen LogP contribution in [-0.2, 0) is 20.8 Å². The van der Waals surface area contributed by atoms with Crippen LogP contribution in [0.15, 0.2) is 24.3 Å². The van der Waals surface area contributed by atoms with Gasteiger partial charge in [0.1, 0.15) is 11.5 Å². The number of methoxy groups -OCH3 is 1. The predicted octanol–water partition coefficient (Wildman–Crippen LogP) is 1.23. The van der Waals surface area contributed by atoms with Gasteiger partial charge in [0.05, 0.1) is 13.7 Å². The van der Waals surface area contributed by atoms with Crippen LogP contribution in [0.4, 0.5) is 0 Å². The zero-order valence-electron chi connectivity index (χ0n) is 14.0. The van der Waals surface area contributed by atoms with Gasteiger partial charge in [-0.25, -0.2) is 5.48 Å². The van der Waals surface area contributed by atoms with E-state index in [-0.39, 0.29) is 24.7 Å². The second-order valence-corrected chi connectivity index (χ2v) is 5.60. The van der Waals surface area contributed by atoms with Gasteiger partial charge in [0.2, 0.25) is 11.8 Å². The summed E-state index contributed by atoms with van der Waals surface area (Å²) in [6, 6.07) is 7.63. The highest BCUT2D eigenvalue weighted by atomic mass is 16.5. The fourth-order valence-electron chi connectivity index (χ4n) is 2.30. The maximum atomic E-state index is 12.1. The molecule has 1 atom stereocenters. The molecule has 0 aliphatic carbocycles. The number of aryl methyl sites for hydroxylation is 1. The average Bonchev–Trinajstić information content (AvgIpc) is 2.59. The lowest BCUT2D eigenvalue weighted by molar-refractivity contribution is -0.135. The molecule has 7 nitrogen and oxygen atoms in total. The normalized spacial score (nSPS) is 11.5. The Morgan fingerprint density at radius 2 is 1.88 bits per heavy atom. The summed E-state index contributed by atoms with van der Waals surface area (Å²) in [6.07, 6.45) is 1.80. The first-order valence-corrected chi connectivity index (χ1v) is 7.79. The quantitative estimate of drug-likeness (QED) is 0.440. The number of Topliss-reactive ketones (excluding diaryl/α,β-unsaturated/α-hetero) is 1. The van der Waals surface area contributed by atoms with Crippen LogP contribution < -0.4 is 15.5 Å². The van der Waals surface area contributed by atoms with Crippen molar-refractivity contribution >= 4 is 17.6 Å². The van der Waals surface area contributed by atoms with E-state index in [1.54, 1.807) is 7.11 Å². The number of carbonyl (C=O) groups is 3. The molecule has 7 heteroatoms. The fraction of sp³-hybridized carbons (Fsp3) is 0.471. The molecule has 0 aromatic heterocycles. The Labute approximate surface area is 141 Å². The second-order valence-electron chi connectivity index (χ2n) is 5.60. The Balaban J connectivity index is 2.54. The number of carbonyl (C=O) groups excluding carboxylic acids is 3. The lowest BCUT2D eigenvalue weighted by Gasteiger charge is -2.15. The smallest absolute Gasteiger partial charge is 0.244 e. The summed E-state index contributed by atoms with van der Waals surface area (Å²) in [4.78, 5) is 34.4. The molecule has 24 heavy (non-hydrogen) atoms. The Bertz CT molecular complexity index is 557. The molecule has 132 valence electrons. The number of nitrogens with one attached hydrogen (secondary N) is 2. The molecule has 0 aliphatic heterocycles. The third-order valence-corrected chi connectivity index (χ3v) is 3.62. The number of hydrogen-bond acceptors (Lipinski definition) is 5. The predicted molar refractivity (Wildman–Crippen MR) is 87.7 cm³/mol. The number of amides is 2. The summed E-state index contributed by atoms with van der Waals surface area (Å²) in [5.41, 5.74) is 2.64. The van der Waals surface area contributed by atoms with Crippen LogP contribution in [0.3, 0.4) is 0 Å². The standard InChI is InChI=1S/C17H24N2O5/c1-12(20)11-18-17(22)14(10-16(21)19-23)5-3-4-13-6-8-15(24-2)9-7-13/h6-9,14,23H,3-5,10-11H2,1-2H3,(H,18,22)(H,19,21)/t14-/m1/s1. The maximum Gasteiger partial charge on any atom is 0.244 e. The number of ether oxygens (including phenoxy) is 1. The SMILES string of the molecule is COc1ccc(CCC[C@H](CC(=O)NO)C(=O)NCC(C)=O)cc1. The van der Waals surface area contributed by atoms with Crippen molar-refractivity contribution in [2.45, 2.75) is 32.6 Å². The van der Waals surface area contributed by atoms with Gasteiger partial charge in [0.25, 0.3) is 0 Å². The number of hydroxylamine groups is 1. The summed E-state index contributed by atoms with van der Waals surface area (Å²) in [7, 11) is 1.60. The molecule has 0 fully saturated rings. The molecule has 0 saturated carbocycles. The van der Waals surface area contributed by atoms with Crippen molar-refractivity contribution in [1.82, 2.24) is 10.8 Å². The molecule has 1 aromatic rings. The minimum Gasteiger partial charge on any atom is -0.497 e. The minimum atomic E-state index is -0.623. The third-order valence-electron chi connectivity index (χ3n) is 3.62. The lowest BCUT2D eigenvalue weighted by atomic mass is 9.95. The summed E-state index contributed by atoms with van der Waals surface area (Å²) in [6.45, 7) is 1.31. The van der Waals surface area contributed by atoms with Crippen molar-refractivity contribution in [2.24, 2.45) is 5.92 Å². The van der Waals surface area contributed by atoms with Crippen LogP contribution in [-0.4, -0.2) is 36.5 Å². The zero-order chi connectivity index (χ0) is 17.9. The van der Waals surface area contributed by atoms with E-state index in [4.69, 9.17) is 9.94 Å². The second kappa shape index (κ2) is 10.4. The molecular weight excluding hydrogens is 312 g/mol. The summed E-state index contributed by atoms with van der Waals surface area (Å²) in [5, 5.41) is 11.1. The first kappa shape index (κ1) is 19.6. The van der Waals surface area contributed by atoms with E-state index in [0.717, 1.165) is 17.7 Å². The topological polar surface area (TPSA) is 105 Å². The molecule has 1 rings (SSSR count). The van der Waals surface area contributed by atoms with Crippen molar-refractivity contribution in [2.75, 3.05) is 13.7 Å². The van der Waals surface area contributed by atoms with Gasteiger partial charge in [-0.2, -0.15) is 0 Å². The molecule has 0 spiro atoms. The van der Waals surface area contributed by atoms with Crippen molar-refractivity contribution in [3.63, 3.8) is 0 Å². The van der Waals surface area contributed by atoms with Crippen molar-refractivity contribution in [3.05, 3.63) is 29.8 Å². The van der Waals surface area contributed by atoms with Crippen molar-refractivity contribution in [1.29, 1.82) is 0 Å². The van der Waals surface area contributed by atoms with Gasteiger partial charge in [0, 0.05) is 12.3 Å². The highest BCUT2D eigenvalue weighted by Crippen LogP contribution is 2.17. The van der Waals surface area contributed by atoms with Crippen LogP contribution in [0, 0.1) is 5.92 Å². The van der Waals surface area contributed by atoms with Gasteiger partial charge in [-0.1, -0.05) is 12.1 Å². The van der Waals surface area contributed by atoms with Crippen LogP contribution in [0.2, 0.25) is 0 Å². The van der Waals surface area contributed by atoms with Crippen LogP contribution in [0.1, 0.15) is 31.7 Å². The maximum absolute atomic E-state index is 12.1. The molecule has 1 aromatic carbocycles. The van der Waals surface area contributed by atoms with E-state index in [1.165, 1.54) is 12.4 Å². The van der Waals surface area contributed by atoms with Gasteiger partial charge in [-0.3, -0.25) is 19.6 Å². The molecule has 0 unspecified atom stereocenters. The van der Waals surface area contributed by atoms with Gasteiger partial charge >= 0.3 is 0 Å². The van der Waals surface area contributed by atoms with E-state index in [1.807, 2.05) is 24.3 Å². The Morgan fingerprint density at radius 1 is 1.21 bits per heavy atom. The zero-order valence-corrected chi connectivity index (χ0v) is 14.0. The van der Waals surface area contributed by atoms with Crippen LogP contribution in [0.5, 0.6) is 5.75 Å². The molecule has 0 saturated heterocycles. The van der Waals surface area contributed by atoms with E-state index in [0.29, 0.717) is 12.8 Å². The number of ketones is 1. The van der Waals surface area contributed by atoms with Crippen molar-refractivity contribution < 1.29 is 24.3 Å². The van der Waals surface area contributed by atoms with Crippen LogP contribution >= 0.6 is 0 Å². The molecule has 2 amide bonds. The first-order valence-electron chi connectivity index (χ1n) is 7.79. The summed E-state index contributed by atoms with van der Waals surface area (Å²) in [5.74, 6) is -0.951. The number of hydrogen-bond donors (Lipinski definition) is 3. The molecule has 0 heterocycles. The summed E-state index contributed by atoms with van der Waals surface area (Å²) < 4.78 is 5.10. The third kappa shape index (κ3) is 7.23. The Hall–Kier alpha value is -2.41. The van der Waals surface area contributed by atoms with Crippen molar-refractivity contribution in [3.8, 4) is 5.75 Å². The molecule has 3 N–H and O–H groups in total. The molecule has 0 bridgehead atoms. The van der Waals surface area contributed by atoms with Crippen LogP contribution in [0.25, 0.3) is 0 Å². The van der Waals surface area contributed by atoms with Gasteiger partial charge in [-0.05, 0) is 43.9 Å². The number of benzene rings is 1. The van der Waals surface area contributed by atoms with E-state index in [9.17, 15) is 14.4 Å². The first-order chi connectivity index (χ1) is 11.5. The van der Waals surface area contributed by atoms with E-state index < -0.39 is 11.8 Å². The van der Waals surface area contributed by atoms with Gasteiger partial charge in [-0.15, -0.1) is 0 Å². The molecule has 0 aliphatic rings. The average molecular weight is 336 g/mol. The Kier molecular flexibility index (Phi) is 8.49. The van der Waals surface area contributed by atoms with E-state index >= 15 is 0 Å². The Morgan fingerprint density at radius 3 is 2.42 bits per heavy atom. The minimum absolute atomic E-state index is 0.0610. The lowest BCUT2D eigenvalue weighted by Crippen LogP contribution is -2.36. The molecular formula is C17H24N2O5. The monoisotopic (exact) mass is 336 g/mol. The van der Waals surface area contributed by atoms with E-state index in [2.05, 4.69) is 5.32 Å².